The van der Waals surface area contributed by atoms with E-state index >= 15 is 0 Å². The minimum atomic E-state index is 0.722. The summed E-state index contributed by atoms with van der Waals surface area (Å²) in [5, 5.41) is 9.30. The van der Waals surface area contributed by atoms with Crippen molar-refractivity contribution in [3.8, 4) is 0 Å². The first-order valence-corrected chi connectivity index (χ1v) is 7.58. The number of hydrogen-bond donors (Lipinski definition) is 1. The van der Waals surface area contributed by atoms with E-state index in [0.29, 0.717) is 0 Å². The van der Waals surface area contributed by atoms with Crippen molar-refractivity contribution >= 4 is 11.3 Å². The predicted octanol–water partition coefficient (Wildman–Crippen LogP) is 2.62. The zero-order valence-electron chi connectivity index (χ0n) is 11.1. The Hall–Kier alpha value is -1.17. The van der Waals surface area contributed by atoms with Crippen LogP contribution >= 0.6 is 11.3 Å². The SMILES string of the molecule is CNCc1cc(CN(Cc2cccs2)C2CC2)on1. The molecule has 1 saturated carbocycles. The summed E-state index contributed by atoms with van der Waals surface area (Å²) in [5.74, 6) is 0.966. The zero-order chi connectivity index (χ0) is 13.1. The Labute approximate surface area is 117 Å². The Morgan fingerprint density at radius 2 is 2.37 bits per heavy atom. The van der Waals surface area contributed by atoms with Crippen molar-refractivity contribution in [2.45, 2.75) is 38.5 Å². The third-order valence-electron chi connectivity index (χ3n) is 3.33. The zero-order valence-corrected chi connectivity index (χ0v) is 11.9. The molecule has 102 valence electrons. The van der Waals surface area contributed by atoms with Gasteiger partial charge >= 0.3 is 0 Å². The Kier molecular flexibility index (Phi) is 3.96. The quantitative estimate of drug-likeness (QED) is 0.844. The molecule has 1 aliphatic carbocycles. The summed E-state index contributed by atoms with van der Waals surface area (Å²) < 4.78 is 5.42. The fraction of sp³-hybridized carbons (Fsp3) is 0.500. The molecule has 0 aromatic carbocycles. The lowest BCUT2D eigenvalue weighted by Crippen LogP contribution is -2.24. The number of aromatic nitrogens is 1. The Bertz CT molecular complexity index is 505. The van der Waals surface area contributed by atoms with Gasteiger partial charge in [-0.3, -0.25) is 4.90 Å². The molecular weight excluding hydrogens is 258 g/mol. The lowest BCUT2D eigenvalue weighted by molar-refractivity contribution is 0.215. The molecule has 2 aromatic heterocycles. The van der Waals surface area contributed by atoms with Crippen LogP contribution in [0.1, 0.15) is 29.2 Å². The molecule has 0 amide bonds. The second-order valence-corrected chi connectivity index (χ2v) is 6.06. The van der Waals surface area contributed by atoms with E-state index < -0.39 is 0 Å². The molecule has 2 heterocycles. The molecule has 0 unspecified atom stereocenters. The summed E-state index contributed by atoms with van der Waals surface area (Å²) in [6.07, 6.45) is 2.62. The third-order valence-corrected chi connectivity index (χ3v) is 4.19. The van der Waals surface area contributed by atoms with Gasteiger partial charge in [0.15, 0.2) is 5.76 Å². The highest BCUT2D eigenvalue weighted by molar-refractivity contribution is 7.09. The molecule has 2 aromatic rings. The first kappa shape index (κ1) is 12.8. The smallest absolute Gasteiger partial charge is 0.151 e. The van der Waals surface area contributed by atoms with E-state index in [-0.39, 0.29) is 0 Å². The van der Waals surface area contributed by atoms with Crippen molar-refractivity contribution < 1.29 is 4.52 Å². The molecule has 0 aliphatic heterocycles. The Balaban J connectivity index is 1.63. The first-order valence-electron chi connectivity index (χ1n) is 6.70. The van der Waals surface area contributed by atoms with E-state index in [2.05, 4.69) is 39.0 Å². The van der Waals surface area contributed by atoms with E-state index in [9.17, 15) is 0 Å². The van der Waals surface area contributed by atoms with Crippen molar-refractivity contribution in [2.24, 2.45) is 0 Å². The van der Waals surface area contributed by atoms with Crippen LogP contribution in [-0.4, -0.2) is 23.1 Å². The van der Waals surface area contributed by atoms with Gasteiger partial charge in [0.2, 0.25) is 0 Å². The van der Waals surface area contributed by atoms with Crippen molar-refractivity contribution in [3.05, 3.63) is 39.9 Å². The van der Waals surface area contributed by atoms with Crippen molar-refractivity contribution in [1.82, 2.24) is 15.4 Å². The molecule has 0 saturated heterocycles. The van der Waals surface area contributed by atoms with Crippen LogP contribution in [0.3, 0.4) is 0 Å². The van der Waals surface area contributed by atoms with E-state index in [4.69, 9.17) is 4.52 Å². The lowest BCUT2D eigenvalue weighted by Gasteiger charge is -2.19. The van der Waals surface area contributed by atoms with Crippen molar-refractivity contribution in [3.63, 3.8) is 0 Å². The molecule has 1 N–H and O–H groups in total. The summed E-state index contributed by atoms with van der Waals surface area (Å²) >= 11 is 1.82. The highest BCUT2D eigenvalue weighted by atomic mass is 32.1. The normalized spacial score (nSPS) is 15.3. The third kappa shape index (κ3) is 3.43. The first-order chi connectivity index (χ1) is 9.35. The fourth-order valence-corrected chi connectivity index (χ4v) is 2.98. The number of hydrogen-bond acceptors (Lipinski definition) is 5. The van der Waals surface area contributed by atoms with Gasteiger partial charge in [0.05, 0.1) is 12.2 Å². The summed E-state index contributed by atoms with van der Waals surface area (Å²) in [6, 6.07) is 7.09. The second-order valence-electron chi connectivity index (χ2n) is 5.03. The van der Waals surface area contributed by atoms with Crippen LogP contribution in [0.5, 0.6) is 0 Å². The van der Waals surface area contributed by atoms with Crippen molar-refractivity contribution in [1.29, 1.82) is 0 Å². The van der Waals surface area contributed by atoms with Crippen LogP contribution in [0.2, 0.25) is 0 Å². The summed E-state index contributed by atoms with van der Waals surface area (Å²) in [6.45, 7) is 2.64. The van der Waals surface area contributed by atoms with Crippen LogP contribution in [0.25, 0.3) is 0 Å². The molecular formula is C14H19N3OS. The fourth-order valence-electron chi connectivity index (χ4n) is 2.25. The van der Waals surface area contributed by atoms with Gasteiger partial charge in [0, 0.05) is 30.1 Å². The summed E-state index contributed by atoms with van der Waals surface area (Å²) in [5.41, 5.74) is 0.976. The molecule has 5 heteroatoms. The molecule has 0 bridgehead atoms. The van der Waals surface area contributed by atoms with Gasteiger partial charge in [-0.1, -0.05) is 11.2 Å². The van der Waals surface area contributed by atoms with E-state index in [1.807, 2.05) is 18.4 Å². The lowest BCUT2D eigenvalue weighted by atomic mass is 10.3. The molecule has 1 fully saturated rings. The Morgan fingerprint density at radius 3 is 3.05 bits per heavy atom. The largest absolute Gasteiger partial charge is 0.360 e. The molecule has 1 aliphatic rings. The summed E-state index contributed by atoms with van der Waals surface area (Å²) in [7, 11) is 1.92. The van der Waals surface area contributed by atoms with Gasteiger partial charge in [-0.2, -0.15) is 0 Å². The van der Waals surface area contributed by atoms with E-state index in [1.54, 1.807) is 0 Å². The molecule has 0 radical (unpaired) electrons. The number of rotatable bonds is 7. The maximum Gasteiger partial charge on any atom is 0.151 e. The van der Waals surface area contributed by atoms with Crippen LogP contribution < -0.4 is 5.32 Å². The summed E-state index contributed by atoms with van der Waals surface area (Å²) in [4.78, 5) is 3.91. The van der Waals surface area contributed by atoms with Gasteiger partial charge in [0.25, 0.3) is 0 Å². The second kappa shape index (κ2) is 5.86. The molecule has 3 rings (SSSR count). The van der Waals surface area contributed by atoms with Crippen LogP contribution in [0, 0.1) is 0 Å². The molecule has 0 atom stereocenters. The van der Waals surface area contributed by atoms with Gasteiger partial charge in [-0.15, -0.1) is 11.3 Å². The number of nitrogens with zero attached hydrogens (tertiary/aromatic N) is 2. The maximum atomic E-state index is 5.42. The minimum absolute atomic E-state index is 0.722. The maximum absolute atomic E-state index is 5.42. The predicted molar refractivity (Wildman–Crippen MR) is 75.9 cm³/mol. The van der Waals surface area contributed by atoms with Crippen LogP contribution in [0.15, 0.2) is 28.1 Å². The monoisotopic (exact) mass is 277 g/mol. The van der Waals surface area contributed by atoms with Gasteiger partial charge in [-0.25, -0.2) is 0 Å². The van der Waals surface area contributed by atoms with E-state index in [1.165, 1.54) is 17.7 Å². The van der Waals surface area contributed by atoms with Gasteiger partial charge in [-0.05, 0) is 31.3 Å². The highest BCUT2D eigenvalue weighted by Gasteiger charge is 2.30. The topological polar surface area (TPSA) is 41.3 Å². The van der Waals surface area contributed by atoms with Gasteiger partial charge < -0.3 is 9.84 Å². The minimum Gasteiger partial charge on any atom is -0.360 e. The standard InChI is InChI=1S/C14H19N3OS/c1-15-8-11-7-13(18-16-11)9-17(12-4-5-12)10-14-3-2-6-19-14/h2-3,6-7,12,15H,4-5,8-10H2,1H3. The molecule has 19 heavy (non-hydrogen) atoms. The highest BCUT2D eigenvalue weighted by Crippen LogP contribution is 2.30. The Morgan fingerprint density at radius 1 is 1.47 bits per heavy atom. The number of thiophene rings is 1. The van der Waals surface area contributed by atoms with Crippen molar-refractivity contribution in [2.75, 3.05) is 7.05 Å². The van der Waals surface area contributed by atoms with Crippen LogP contribution in [0.4, 0.5) is 0 Å². The average molecular weight is 277 g/mol. The van der Waals surface area contributed by atoms with Gasteiger partial charge in [0.1, 0.15) is 0 Å². The number of nitrogens with one attached hydrogen (secondary N) is 1. The average Bonchev–Trinajstić information content (AvgIpc) is 2.95. The molecule has 4 nitrogen and oxygen atoms in total. The van der Waals surface area contributed by atoms with E-state index in [0.717, 1.165) is 37.1 Å². The molecule has 0 spiro atoms. The van der Waals surface area contributed by atoms with Crippen LogP contribution in [-0.2, 0) is 19.6 Å².